The SMILES string of the molecule is CC1=CC(c2ccccc2C(F)(F)F)C=C(C)N1. The molecule has 0 aliphatic carbocycles. The van der Waals surface area contributed by atoms with Crippen molar-refractivity contribution in [2.24, 2.45) is 0 Å². The van der Waals surface area contributed by atoms with Gasteiger partial charge >= 0.3 is 6.18 Å². The second-order valence-corrected chi connectivity index (χ2v) is 4.44. The fourth-order valence-corrected chi connectivity index (χ4v) is 2.21. The Morgan fingerprint density at radius 1 is 1.00 bits per heavy atom. The molecular formula is C14H14F3N. The molecule has 1 aliphatic heterocycles. The van der Waals surface area contributed by atoms with Gasteiger partial charge in [-0.15, -0.1) is 0 Å². The first-order valence-corrected chi connectivity index (χ1v) is 5.68. The molecule has 0 unspecified atom stereocenters. The lowest BCUT2D eigenvalue weighted by atomic mass is 9.91. The molecule has 4 heteroatoms. The molecule has 0 amide bonds. The van der Waals surface area contributed by atoms with Crippen LogP contribution in [-0.4, -0.2) is 0 Å². The van der Waals surface area contributed by atoms with Crippen LogP contribution < -0.4 is 5.32 Å². The molecule has 0 saturated heterocycles. The van der Waals surface area contributed by atoms with Gasteiger partial charge in [0.2, 0.25) is 0 Å². The number of hydrogen-bond acceptors (Lipinski definition) is 1. The summed E-state index contributed by atoms with van der Waals surface area (Å²) >= 11 is 0. The minimum absolute atomic E-state index is 0.296. The zero-order chi connectivity index (χ0) is 13.3. The summed E-state index contributed by atoms with van der Waals surface area (Å²) in [6.45, 7) is 3.69. The third-order valence-electron chi connectivity index (χ3n) is 2.88. The Morgan fingerprint density at radius 3 is 2.11 bits per heavy atom. The quantitative estimate of drug-likeness (QED) is 0.791. The Kier molecular flexibility index (Phi) is 3.20. The second kappa shape index (κ2) is 4.52. The average Bonchev–Trinajstić information content (AvgIpc) is 2.26. The number of nitrogens with one attached hydrogen (secondary N) is 1. The van der Waals surface area contributed by atoms with E-state index in [0.29, 0.717) is 5.56 Å². The maximum Gasteiger partial charge on any atom is 0.416 e. The van der Waals surface area contributed by atoms with Crippen molar-refractivity contribution in [1.29, 1.82) is 0 Å². The highest BCUT2D eigenvalue weighted by molar-refractivity contribution is 5.41. The number of dihydropyridines is 1. The largest absolute Gasteiger partial charge is 0.416 e. The maximum atomic E-state index is 12.9. The number of alkyl halides is 3. The topological polar surface area (TPSA) is 12.0 Å². The van der Waals surface area contributed by atoms with Gasteiger partial charge < -0.3 is 5.32 Å². The lowest BCUT2D eigenvalue weighted by Crippen LogP contribution is -2.17. The Balaban J connectivity index is 2.49. The number of allylic oxidation sites excluding steroid dienone is 4. The fourth-order valence-electron chi connectivity index (χ4n) is 2.21. The number of halogens is 3. The standard InChI is InChI=1S/C14H14F3N/c1-9-7-11(8-10(2)18-9)12-5-3-4-6-13(12)14(15,16)17/h3-8,11,18H,1-2H3. The van der Waals surface area contributed by atoms with Gasteiger partial charge in [0.1, 0.15) is 0 Å². The van der Waals surface area contributed by atoms with Gasteiger partial charge in [-0.1, -0.05) is 30.4 Å². The van der Waals surface area contributed by atoms with Crippen molar-refractivity contribution in [3.05, 3.63) is 58.9 Å². The van der Waals surface area contributed by atoms with Gasteiger partial charge in [0.05, 0.1) is 5.56 Å². The summed E-state index contributed by atoms with van der Waals surface area (Å²) in [5.41, 5.74) is 1.48. The molecule has 0 aromatic heterocycles. The van der Waals surface area contributed by atoms with Crippen molar-refractivity contribution in [2.75, 3.05) is 0 Å². The Hall–Kier alpha value is -1.71. The Morgan fingerprint density at radius 2 is 1.56 bits per heavy atom. The second-order valence-electron chi connectivity index (χ2n) is 4.44. The third-order valence-corrected chi connectivity index (χ3v) is 2.88. The van der Waals surface area contributed by atoms with Gasteiger partial charge in [-0.25, -0.2) is 0 Å². The van der Waals surface area contributed by atoms with Crippen LogP contribution in [-0.2, 0) is 6.18 Å². The van der Waals surface area contributed by atoms with Crippen LogP contribution in [0.3, 0.4) is 0 Å². The number of benzene rings is 1. The van der Waals surface area contributed by atoms with Crippen molar-refractivity contribution in [3.63, 3.8) is 0 Å². The van der Waals surface area contributed by atoms with Crippen molar-refractivity contribution >= 4 is 0 Å². The Labute approximate surface area is 104 Å². The van der Waals surface area contributed by atoms with E-state index in [1.54, 1.807) is 18.2 Å². The van der Waals surface area contributed by atoms with Crippen LogP contribution in [0.15, 0.2) is 47.8 Å². The normalized spacial score (nSPS) is 16.9. The van der Waals surface area contributed by atoms with Crippen molar-refractivity contribution in [3.8, 4) is 0 Å². The molecule has 2 rings (SSSR count). The lowest BCUT2D eigenvalue weighted by molar-refractivity contribution is -0.138. The zero-order valence-corrected chi connectivity index (χ0v) is 10.2. The molecule has 0 spiro atoms. The molecule has 0 bridgehead atoms. The van der Waals surface area contributed by atoms with Crippen LogP contribution in [0.25, 0.3) is 0 Å². The molecular weight excluding hydrogens is 239 g/mol. The molecule has 1 heterocycles. The molecule has 1 aliphatic rings. The van der Waals surface area contributed by atoms with E-state index in [1.165, 1.54) is 12.1 Å². The average molecular weight is 253 g/mol. The third kappa shape index (κ3) is 2.58. The lowest BCUT2D eigenvalue weighted by Gasteiger charge is -2.22. The van der Waals surface area contributed by atoms with Crippen LogP contribution in [0.2, 0.25) is 0 Å². The number of rotatable bonds is 1. The highest BCUT2D eigenvalue weighted by atomic mass is 19.4. The van der Waals surface area contributed by atoms with Gasteiger partial charge in [-0.2, -0.15) is 13.2 Å². The van der Waals surface area contributed by atoms with E-state index >= 15 is 0 Å². The summed E-state index contributed by atoms with van der Waals surface area (Å²) in [6, 6.07) is 5.72. The molecule has 96 valence electrons. The molecule has 1 aromatic rings. The van der Waals surface area contributed by atoms with E-state index in [1.807, 2.05) is 13.8 Å². The van der Waals surface area contributed by atoms with Gasteiger partial charge in [0.15, 0.2) is 0 Å². The van der Waals surface area contributed by atoms with E-state index < -0.39 is 11.7 Å². The highest BCUT2D eigenvalue weighted by Gasteiger charge is 2.34. The minimum Gasteiger partial charge on any atom is -0.363 e. The van der Waals surface area contributed by atoms with E-state index in [9.17, 15) is 13.2 Å². The van der Waals surface area contributed by atoms with E-state index in [-0.39, 0.29) is 5.92 Å². The summed E-state index contributed by atoms with van der Waals surface area (Å²) in [5.74, 6) is -0.330. The summed E-state index contributed by atoms with van der Waals surface area (Å²) in [4.78, 5) is 0. The van der Waals surface area contributed by atoms with Crippen LogP contribution in [0.4, 0.5) is 13.2 Å². The van der Waals surface area contributed by atoms with Gasteiger partial charge in [-0.05, 0) is 25.5 Å². The summed E-state index contributed by atoms with van der Waals surface area (Å²) in [5, 5.41) is 3.08. The molecule has 0 radical (unpaired) electrons. The maximum absolute atomic E-state index is 12.9. The van der Waals surface area contributed by atoms with Crippen molar-refractivity contribution in [1.82, 2.24) is 5.32 Å². The molecule has 1 nitrogen and oxygen atoms in total. The molecule has 1 aromatic carbocycles. The molecule has 1 N–H and O–H groups in total. The highest BCUT2D eigenvalue weighted by Crippen LogP contribution is 2.37. The van der Waals surface area contributed by atoms with E-state index in [2.05, 4.69) is 5.32 Å². The van der Waals surface area contributed by atoms with Crippen LogP contribution in [0, 0.1) is 0 Å². The van der Waals surface area contributed by atoms with Gasteiger partial charge in [-0.3, -0.25) is 0 Å². The summed E-state index contributed by atoms with van der Waals surface area (Å²) in [7, 11) is 0. The monoisotopic (exact) mass is 253 g/mol. The van der Waals surface area contributed by atoms with E-state index in [0.717, 1.165) is 17.5 Å². The number of hydrogen-bond donors (Lipinski definition) is 1. The minimum atomic E-state index is -4.31. The fraction of sp³-hybridized carbons (Fsp3) is 0.286. The first-order chi connectivity index (χ1) is 8.38. The molecule has 18 heavy (non-hydrogen) atoms. The van der Waals surface area contributed by atoms with E-state index in [4.69, 9.17) is 0 Å². The van der Waals surface area contributed by atoms with Gasteiger partial charge in [0, 0.05) is 17.3 Å². The molecule has 0 saturated carbocycles. The van der Waals surface area contributed by atoms with Crippen molar-refractivity contribution in [2.45, 2.75) is 25.9 Å². The molecule has 0 fully saturated rings. The van der Waals surface area contributed by atoms with Crippen LogP contribution >= 0.6 is 0 Å². The first-order valence-electron chi connectivity index (χ1n) is 5.68. The zero-order valence-electron chi connectivity index (χ0n) is 10.2. The Bertz CT molecular complexity index is 494. The van der Waals surface area contributed by atoms with Crippen LogP contribution in [0.5, 0.6) is 0 Å². The smallest absolute Gasteiger partial charge is 0.363 e. The van der Waals surface area contributed by atoms with Crippen molar-refractivity contribution < 1.29 is 13.2 Å². The predicted molar refractivity (Wildman–Crippen MR) is 64.8 cm³/mol. The van der Waals surface area contributed by atoms with Crippen LogP contribution in [0.1, 0.15) is 30.9 Å². The predicted octanol–water partition coefficient (Wildman–Crippen LogP) is 4.20. The molecule has 0 atom stereocenters. The summed E-state index contributed by atoms with van der Waals surface area (Å²) < 4.78 is 38.8. The first kappa shape index (κ1) is 12.7. The summed E-state index contributed by atoms with van der Waals surface area (Å²) in [6.07, 6.45) is -0.708. The van der Waals surface area contributed by atoms with Gasteiger partial charge in [0.25, 0.3) is 0 Å².